The minimum absolute atomic E-state index is 0. The summed E-state index contributed by atoms with van der Waals surface area (Å²) in [6, 6.07) is 3.08. The predicted octanol–water partition coefficient (Wildman–Crippen LogP) is 7.70. The number of anilines is 1. The van der Waals surface area contributed by atoms with Crippen molar-refractivity contribution in [1.29, 1.82) is 0 Å². The number of nitrogens with one attached hydrogen (secondary N) is 1. The van der Waals surface area contributed by atoms with Gasteiger partial charge in [-0.1, -0.05) is 25.2 Å². The predicted molar refractivity (Wildman–Crippen MR) is 158 cm³/mol. The van der Waals surface area contributed by atoms with Crippen LogP contribution < -0.4 is 5.32 Å². The number of hydrogen-bond acceptors (Lipinski definition) is 5. The highest BCUT2D eigenvalue weighted by molar-refractivity contribution is 5.83. The van der Waals surface area contributed by atoms with Gasteiger partial charge >= 0.3 is 0 Å². The first-order valence-corrected chi connectivity index (χ1v) is 13.9. The minimum atomic E-state index is -0.628. The lowest BCUT2D eigenvalue weighted by molar-refractivity contribution is 0.237. The molecule has 0 amide bonds. The van der Waals surface area contributed by atoms with Crippen LogP contribution in [0.3, 0.4) is 0 Å². The van der Waals surface area contributed by atoms with Crippen molar-refractivity contribution < 1.29 is 11.6 Å². The number of allylic oxidation sites excluding steroid dienone is 1. The highest BCUT2D eigenvalue weighted by Gasteiger charge is 2.29. The van der Waals surface area contributed by atoms with Crippen LogP contribution in [0.5, 0.6) is 0 Å². The molecule has 5 rings (SSSR count). The third kappa shape index (κ3) is 5.96. The summed E-state index contributed by atoms with van der Waals surface area (Å²) < 4.78 is 31.8. The molecule has 3 aromatic rings. The standard InChI is InChI=1S/C31H38F2N6.2H2/c1-18(2)39-22(6)36-30-26(32)13-25(14-28(30)39)29-27(33)15-34-31(37-29)35-21(5)7-8-24-17-38(12-11-19(24)3)16-20(4)23-9-10-23;;/h7-8,13-15,18,20,23H,5,9-12,16-17H2,1-4,6H3,(H,34,35,37);2*1H/b8-7-;;. The lowest BCUT2D eigenvalue weighted by atomic mass is 9.98. The Morgan fingerprint density at radius 1 is 1.18 bits per heavy atom. The Hall–Kier alpha value is -3.39. The Bertz CT molecular complexity index is 1480. The molecule has 39 heavy (non-hydrogen) atoms. The molecule has 6 nitrogen and oxygen atoms in total. The third-order valence-corrected chi connectivity index (χ3v) is 7.94. The molecule has 1 atom stereocenters. The van der Waals surface area contributed by atoms with Crippen molar-refractivity contribution in [3.63, 3.8) is 0 Å². The maximum Gasteiger partial charge on any atom is 0.227 e. The van der Waals surface area contributed by atoms with Crippen molar-refractivity contribution in [2.24, 2.45) is 11.8 Å². The minimum Gasteiger partial charge on any atom is -0.326 e. The number of fused-ring (bicyclic) bond motifs is 1. The molecular weight excluding hydrogens is 494 g/mol. The summed E-state index contributed by atoms with van der Waals surface area (Å²) in [5.41, 5.74) is 4.50. The molecular formula is C31H42F2N6. The van der Waals surface area contributed by atoms with Gasteiger partial charge in [-0.15, -0.1) is 0 Å². The molecule has 2 aliphatic rings. The lowest BCUT2D eigenvalue weighted by Gasteiger charge is -2.31. The second-order valence-electron chi connectivity index (χ2n) is 11.4. The zero-order valence-corrected chi connectivity index (χ0v) is 23.6. The van der Waals surface area contributed by atoms with E-state index in [-0.39, 0.29) is 26.1 Å². The maximum absolute atomic E-state index is 15.0. The Morgan fingerprint density at radius 3 is 2.67 bits per heavy atom. The normalized spacial score (nSPS) is 17.5. The second kappa shape index (κ2) is 11.0. The maximum atomic E-state index is 15.0. The molecule has 0 bridgehead atoms. The van der Waals surface area contributed by atoms with Gasteiger partial charge in [-0.2, -0.15) is 0 Å². The molecule has 1 unspecified atom stereocenters. The van der Waals surface area contributed by atoms with Gasteiger partial charge in [-0.05, 0) is 82.6 Å². The van der Waals surface area contributed by atoms with Gasteiger partial charge in [0, 0.05) is 39.8 Å². The van der Waals surface area contributed by atoms with E-state index in [0.717, 1.165) is 44.1 Å². The molecule has 210 valence electrons. The molecule has 8 heteroatoms. The summed E-state index contributed by atoms with van der Waals surface area (Å²) in [4.78, 5) is 15.4. The van der Waals surface area contributed by atoms with E-state index in [1.54, 1.807) is 6.07 Å². The molecule has 3 heterocycles. The molecule has 1 aromatic carbocycles. The fourth-order valence-corrected chi connectivity index (χ4v) is 5.59. The molecule has 1 fully saturated rings. The monoisotopic (exact) mass is 536 g/mol. The topological polar surface area (TPSA) is 58.9 Å². The zero-order chi connectivity index (χ0) is 27.8. The van der Waals surface area contributed by atoms with Gasteiger partial charge in [-0.25, -0.2) is 23.7 Å². The van der Waals surface area contributed by atoms with Crippen LogP contribution in [-0.2, 0) is 0 Å². The van der Waals surface area contributed by atoms with E-state index >= 15 is 0 Å². The van der Waals surface area contributed by atoms with Crippen molar-refractivity contribution in [3.05, 3.63) is 71.4 Å². The number of hydrogen-bond donors (Lipinski definition) is 1. The largest absolute Gasteiger partial charge is 0.326 e. The van der Waals surface area contributed by atoms with Crippen LogP contribution in [-0.4, -0.2) is 44.1 Å². The average Bonchev–Trinajstić information content (AvgIpc) is 3.67. The van der Waals surface area contributed by atoms with E-state index in [9.17, 15) is 8.78 Å². The number of aromatic nitrogens is 4. The lowest BCUT2D eigenvalue weighted by Crippen LogP contribution is -2.35. The van der Waals surface area contributed by atoms with Crippen molar-refractivity contribution in [1.82, 2.24) is 24.4 Å². The smallest absolute Gasteiger partial charge is 0.227 e. The highest BCUT2D eigenvalue weighted by atomic mass is 19.1. The van der Waals surface area contributed by atoms with E-state index in [1.807, 2.05) is 31.4 Å². The van der Waals surface area contributed by atoms with Crippen molar-refractivity contribution in [2.45, 2.75) is 59.9 Å². The van der Waals surface area contributed by atoms with Gasteiger partial charge in [0.05, 0.1) is 11.7 Å². The van der Waals surface area contributed by atoms with Gasteiger partial charge < -0.3 is 9.88 Å². The van der Waals surface area contributed by atoms with Gasteiger partial charge in [0.2, 0.25) is 5.95 Å². The molecule has 0 spiro atoms. The Balaban J connectivity index is 0.00000231. The van der Waals surface area contributed by atoms with E-state index < -0.39 is 11.6 Å². The molecule has 0 radical (unpaired) electrons. The quantitative estimate of drug-likeness (QED) is 0.284. The van der Waals surface area contributed by atoms with Crippen LogP contribution in [0.25, 0.3) is 22.3 Å². The molecule has 1 N–H and O–H groups in total. The summed E-state index contributed by atoms with van der Waals surface area (Å²) in [6.07, 6.45) is 8.93. The number of imidazole rings is 1. The molecule has 0 saturated heterocycles. The van der Waals surface area contributed by atoms with Crippen LogP contribution >= 0.6 is 0 Å². The number of nitrogens with zero attached hydrogens (tertiary/aromatic N) is 5. The highest BCUT2D eigenvalue weighted by Crippen LogP contribution is 2.37. The zero-order valence-electron chi connectivity index (χ0n) is 23.6. The number of halogens is 2. The van der Waals surface area contributed by atoms with Crippen LogP contribution in [0.15, 0.2) is 53.9 Å². The van der Waals surface area contributed by atoms with Crippen LogP contribution in [0.4, 0.5) is 14.7 Å². The van der Waals surface area contributed by atoms with Gasteiger partial charge in [0.25, 0.3) is 0 Å². The van der Waals surface area contributed by atoms with Gasteiger partial charge in [0.15, 0.2) is 11.6 Å². The average molecular weight is 537 g/mol. The van der Waals surface area contributed by atoms with E-state index in [0.29, 0.717) is 22.6 Å². The Morgan fingerprint density at radius 2 is 1.95 bits per heavy atom. The van der Waals surface area contributed by atoms with Crippen molar-refractivity contribution in [2.75, 3.05) is 25.0 Å². The fraction of sp³-hybridized carbons (Fsp3) is 0.452. The fourth-order valence-electron chi connectivity index (χ4n) is 5.59. The van der Waals surface area contributed by atoms with Gasteiger partial charge in [-0.3, -0.25) is 4.90 Å². The SMILES string of the molecule is C=C(/C=C\C1=C(C)CCN(CC(C)C2CC2)C1)Nc1ncc(F)c(-c2cc(F)c3nc(C)n(C(C)C)c3c2)n1.[HH].[HH]. The first-order chi connectivity index (χ1) is 18.6. The molecule has 1 saturated carbocycles. The first-order valence-electron chi connectivity index (χ1n) is 13.9. The third-order valence-electron chi connectivity index (χ3n) is 7.94. The van der Waals surface area contributed by atoms with Crippen molar-refractivity contribution in [3.8, 4) is 11.3 Å². The summed E-state index contributed by atoms with van der Waals surface area (Å²) in [5.74, 6) is 1.41. The number of benzene rings is 1. The molecule has 1 aliphatic carbocycles. The Labute approximate surface area is 232 Å². The van der Waals surface area contributed by atoms with E-state index in [2.05, 4.69) is 51.7 Å². The summed E-state index contributed by atoms with van der Waals surface area (Å²) in [7, 11) is 0. The van der Waals surface area contributed by atoms with Crippen LogP contribution in [0, 0.1) is 30.4 Å². The van der Waals surface area contributed by atoms with Gasteiger partial charge in [0.1, 0.15) is 17.0 Å². The number of aryl methyl sites for hydroxylation is 1. The summed E-state index contributed by atoms with van der Waals surface area (Å²) in [5, 5.41) is 3.07. The van der Waals surface area contributed by atoms with Crippen LogP contribution in [0.1, 0.15) is 61.7 Å². The summed E-state index contributed by atoms with van der Waals surface area (Å²) in [6.45, 7) is 17.7. The second-order valence-corrected chi connectivity index (χ2v) is 11.4. The van der Waals surface area contributed by atoms with E-state index in [4.69, 9.17) is 0 Å². The summed E-state index contributed by atoms with van der Waals surface area (Å²) >= 11 is 0. The van der Waals surface area contributed by atoms with Crippen LogP contribution in [0.2, 0.25) is 0 Å². The van der Waals surface area contributed by atoms with Crippen molar-refractivity contribution >= 4 is 17.0 Å². The molecule has 1 aliphatic heterocycles. The van der Waals surface area contributed by atoms with E-state index in [1.165, 1.54) is 30.1 Å². The Kier molecular flexibility index (Phi) is 7.67. The first kappa shape index (κ1) is 27.2. The number of rotatable bonds is 9. The molecule has 2 aromatic heterocycles.